The van der Waals surface area contributed by atoms with Gasteiger partial charge in [0.05, 0.1) is 5.69 Å². The lowest BCUT2D eigenvalue weighted by Crippen LogP contribution is -2.25. The van der Waals surface area contributed by atoms with Crippen molar-refractivity contribution in [3.63, 3.8) is 0 Å². The molecule has 0 unspecified atom stereocenters. The smallest absolute Gasteiger partial charge is 0.344 e. The maximum atomic E-state index is 12.3. The highest BCUT2D eigenvalue weighted by atomic mass is 16.6. The average molecular weight is 397 g/mol. The van der Waals surface area contributed by atoms with E-state index in [9.17, 15) is 14.4 Å². The largest absolute Gasteiger partial charge is 0.482 e. The van der Waals surface area contributed by atoms with E-state index in [4.69, 9.17) is 14.2 Å². The zero-order valence-corrected chi connectivity index (χ0v) is 16.6. The number of carbonyl (C=O) groups excluding carboxylic acids is 3. The Kier molecular flexibility index (Phi) is 5.87. The Labute approximate surface area is 169 Å². The van der Waals surface area contributed by atoms with Crippen molar-refractivity contribution < 1.29 is 28.6 Å². The van der Waals surface area contributed by atoms with Crippen LogP contribution in [0.1, 0.15) is 36.7 Å². The molecule has 2 aromatic carbocycles. The number of carbonyl (C=O) groups is 3. The summed E-state index contributed by atoms with van der Waals surface area (Å²) in [6, 6.07) is 12.1. The molecule has 2 aromatic rings. The molecule has 0 spiro atoms. The van der Waals surface area contributed by atoms with Crippen LogP contribution in [-0.2, 0) is 19.7 Å². The summed E-state index contributed by atoms with van der Waals surface area (Å²) < 4.78 is 15.6. The van der Waals surface area contributed by atoms with Gasteiger partial charge in [-0.3, -0.25) is 9.59 Å². The number of ketones is 1. The van der Waals surface area contributed by atoms with Crippen molar-refractivity contribution in [2.75, 3.05) is 25.1 Å². The van der Waals surface area contributed by atoms with Gasteiger partial charge in [0.25, 0.3) is 5.91 Å². The molecular weight excluding hydrogens is 374 g/mol. The number of nitrogens with one attached hydrogen (secondary N) is 1. The molecule has 152 valence electrons. The summed E-state index contributed by atoms with van der Waals surface area (Å²) in [5.41, 5.74) is 1.91. The lowest BCUT2D eigenvalue weighted by molar-refractivity contribution is -0.144. The molecule has 0 atom stereocenters. The number of hydrogen-bond acceptors (Lipinski definition) is 6. The van der Waals surface area contributed by atoms with E-state index >= 15 is 0 Å². The first-order chi connectivity index (χ1) is 13.7. The molecule has 3 rings (SSSR count). The minimum Gasteiger partial charge on any atom is -0.482 e. The van der Waals surface area contributed by atoms with Crippen molar-refractivity contribution in [3.8, 4) is 11.5 Å². The van der Waals surface area contributed by atoms with E-state index < -0.39 is 18.4 Å². The molecule has 7 heteroatoms. The number of Topliss-reactive ketones (excluding diaryl/α,β-unsaturated/α-hetero) is 1. The Hall–Kier alpha value is -3.35. The second kappa shape index (κ2) is 8.34. The van der Waals surface area contributed by atoms with Crippen molar-refractivity contribution in [1.29, 1.82) is 0 Å². The molecule has 0 saturated heterocycles. The van der Waals surface area contributed by atoms with Gasteiger partial charge in [0.15, 0.2) is 25.6 Å². The van der Waals surface area contributed by atoms with Crippen LogP contribution in [0.2, 0.25) is 0 Å². The predicted octanol–water partition coefficient (Wildman–Crippen LogP) is 3.12. The van der Waals surface area contributed by atoms with Gasteiger partial charge in [-0.1, -0.05) is 32.9 Å². The maximum Gasteiger partial charge on any atom is 0.344 e. The summed E-state index contributed by atoms with van der Waals surface area (Å²) in [6.45, 7) is 5.56. The van der Waals surface area contributed by atoms with Crippen molar-refractivity contribution >= 4 is 23.3 Å². The molecule has 1 aliphatic rings. The fraction of sp³-hybridized carbons (Fsp3) is 0.318. The standard InChI is InChI=1S/C22H23NO6/c1-22(2,3)15-5-7-16(8-6-15)27-13-21(26)29-11-18(24)14-4-9-19-17(10-14)23-20(25)12-28-19/h4-10H,11-13H2,1-3H3,(H,23,25). The van der Waals surface area contributed by atoms with E-state index in [0.29, 0.717) is 22.7 Å². The van der Waals surface area contributed by atoms with E-state index in [0.717, 1.165) is 5.56 Å². The van der Waals surface area contributed by atoms with Crippen molar-refractivity contribution in [3.05, 3.63) is 53.6 Å². The Bertz CT molecular complexity index is 927. The van der Waals surface area contributed by atoms with Crippen LogP contribution < -0.4 is 14.8 Å². The van der Waals surface area contributed by atoms with E-state index in [2.05, 4.69) is 26.1 Å². The molecule has 0 aromatic heterocycles. The lowest BCUT2D eigenvalue weighted by atomic mass is 9.87. The third-order valence-corrected chi connectivity index (χ3v) is 4.38. The van der Waals surface area contributed by atoms with Crippen LogP contribution >= 0.6 is 0 Å². The summed E-state index contributed by atoms with van der Waals surface area (Å²) in [5.74, 6) is -0.291. The first kappa shape index (κ1) is 20.4. The van der Waals surface area contributed by atoms with Gasteiger partial charge in [-0.25, -0.2) is 4.79 Å². The normalized spacial score (nSPS) is 13.0. The molecule has 0 aliphatic carbocycles. The number of esters is 1. The minimum atomic E-state index is -0.646. The molecular formula is C22H23NO6. The van der Waals surface area contributed by atoms with E-state index in [1.54, 1.807) is 24.3 Å². The van der Waals surface area contributed by atoms with Crippen molar-refractivity contribution in [2.24, 2.45) is 0 Å². The average Bonchev–Trinajstić information content (AvgIpc) is 2.69. The molecule has 7 nitrogen and oxygen atoms in total. The Morgan fingerprint density at radius 1 is 1.07 bits per heavy atom. The van der Waals surface area contributed by atoms with Crippen LogP contribution in [0.5, 0.6) is 11.5 Å². The lowest BCUT2D eigenvalue weighted by Gasteiger charge is -2.19. The van der Waals surface area contributed by atoms with Gasteiger partial charge in [0.1, 0.15) is 11.5 Å². The molecule has 1 N–H and O–H groups in total. The summed E-state index contributed by atoms with van der Waals surface area (Å²) in [5, 5.41) is 2.63. The molecule has 1 amide bonds. The maximum absolute atomic E-state index is 12.3. The van der Waals surface area contributed by atoms with Crippen LogP contribution in [0, 0.1) is 0 Å². The first-order valence-electron chi connectivity index (χ1n) is 9.21. The van der Waals surface area contributed by atoms with Crippen molar-refractivity contribution in [2.45, 2.75) is 26.2 Å². The van der Waals surface area contributed by atoms with Gasteiger partial charge in [0, 0.05) is 5.56 Å². The molecule has 1 heterocycles. The monoisotopic (exact) mass is 397 g/mol. The molecule has 0 bridgehead atoms. The van der Waals surface area contributed by atoms with Crippen LogP contribution in [0.4, 0.5) is 5.69 Å². The van der Waals surface area contributed by atoms with Gasteiger partial charge in [-0.15, -0.1) is 0 Å². The van der Waals surface area contributed by atoms with Crippen LogP contribution in [0.3, 0.4) is 0 Å². The SMILES string of the molecule is CC(C)(C)c1ccc(OCC(=O)OCC(=O)c2ccc3c(c2)NC(=O)CO3)cc1. The number of hydrogen-bond donors (Lipinski definition) is 1. The summed E-state index contributed by atoms with van der Waals surface area (Å²) in [7, 11) is 0. The summed E-state index contributed by atoms with van der Waals surface area (Å²) in [4.78, 5) is 35.5. The zero-order chi connectivity index (χ0) is 21.0. The Morgan fingerprint density at radius 2 is 1.79 bits per heavy atom. The van der Waals surface area contributed by atoms with E-state index in [1.807, 2.05) is 12.1 Å². The number of anilines is 1. The summed E-state index contributed by atoms with van der Waals surface area (Å²) >= 11 is 0. The van der Waals surface area contributed by atoms with Crippen LogP contribution in [-0.4, -0.2) is 37.5 Å². The third kappa shape index (κ3) is 5.34. The van der Waals surface area contributed by atoms with Gasteiger partial charge < -0.3 is 19.5 Å². The van der Waals surface area contributed by atoms with Crippen LogP contribution in [0.25, 0.3) is 0 Å². The number of amides is 1. The molecule has 0 fully saturated rings. The topological polar surface area (TPSA) is 90.9 Å². The van der Waals surface area contributed by atoms with Crippen LogP contribution in [0.15, 0.2) is 42.5 Å². The van der Waals surface area contributed by atoms with Gasteiger partial charge in [-0.05, 0) is 41.3 Å². The molecule has 29 heavy (non-hydrogen) atoms. The highest BCUT2D eigenvalue weighted by Crippen LogP contribution is 2.28. The molecule has 1 aliphatic heterocycles. The second-order valence-electron chi connectivity index (χ2n) is 7.69. The van der Waals surface area contributed by atoms with E-state index in [-0.39, 0.29) is 24.5 Å². The predicted molar refractivity (Wildman–Crippen MR) is 106 cm³/mol. The quantitative estimate of drug-likeness (QED) is 0.595. The van der Waals surface area contributed by atoms with E-state index in [1.165, 1.54) is 6.07 Å². The fourth-order valence-electron chi connectivity index (χ4n) is 2.72. The van der Waals surface area contributed by atoms with Gasteiger partial charge >= 0.3 is 5.97 Å². The minimum absolute atomic E-state index is 0.0312. The number of benzene rings is 2. The zero-order valence-electron chi connectivity index (χ0n) is 16.6. The number of ether oxygens (including phenoxy) is 3. The molecule has 0 radical (unpaired) electrons. The van der Waals surface area contributed by atoms with Gasteiger partial charge in [-0.2, -0.15) is 0 Å². The number of fused-ring (bicyclic) bond motifs is 1. The van der Waals surface area contributed by atoms with Crippen molar-refractivity contribution in [1.82, 2.24) is 0 Å². The Balaban J connectivity index is 1.48. The fourth-order valence-corrected chi connectivity index (χ4v) is 2.72. The van der Waals surface area contributed by atoms with Gasteiger partial charge in [0.2, 0.25) is 0 Å². The highest BCUT2D eigenvalue weighted by Gasteiger charge is 2.19. The summed E-state index contributed by atoms with van der Waals surface area (Å²) in [6.07, 6.45) is 0. The molecule has 0 saturated carbocycles. The third-order valence-electron chi connectivity index (χ3n) is 4.38. The first-order valence-corrected chi connectivity index (χ1v) is 9.21. The Morgan fingerprint density at radius 3 is 2.48 bits per heavy atom. The highest BCUT2D eigenvalue weighted by molar-refractivity contribution is 6.01. The second-order valence-corrected chi connectivity index (χ2v) is 7.69. The number of rotatable bonds is 6.